The van der Waals surface area contributed by atoms with Crippen LogP contribution in [0.2, 0.25) is 18.1 Å². The van der Waals surface area contributed by atoms with Gasteiger partial charge in [0, 0.05) is 12.0 Å². The van der Waals surface area contributed by atoms with Gasteiger partial charge in [0.25, 0.3) is 0 Å². The van der Waals surface area contributed by atoms with Gasteiger partial charge in [-0.3, -0.25) is 4.79 Å². The number of aryl methyl sites for hydroxylation is 1. The second-order valence-corrected chi connectivity index (χ2v) is 12.0. The first-order chi connectivity index (χ1) is 9.21. The molecule has 0 saturated heterocycles. The Morgan fingerprint density at radius 2 is 1.75 bits per heavy atom. The van der Waals surface area contributed by atoms with E-state index in [2.05, 4.69) is 39.9 Å². The fourth-order valence-corrected chi connectivity index (χ4v) is 3.32. The molecule has 2 nitrogen and oxygen atoms in total. The molecular formula is C17H26O2Si. The highest BCUT2D eigenvalue weighted by atomic mass is 28.4. The highest BCUT2D eigenvalue weighted by Gasteiger charge is 2.39. The van der Waals surface area contributed by atoms with Crippen molar-refractivity contribution in [3.63, 3.8) is 0 Å². The lowest BCUT2D eigenvalue weighted by Gasteiger charge is -2.36. The van der Waals surface area contributed by atoms with Crippen molar-refractivity contribution in [3.05, 3.63) is 29.3 Å². The van der Waals surface area contributed by atoms with Crippen LogP contribution in [0.4, 0.5) is 0 Å². The Balaban J connectivity index is 2.28. The van der Waals surface area contributed by atoms with E-state index in [9.17, 15) is 4.79 Å². The summed E-state index contributed by atoms with van der Waals surface area (Å²) in [5.74, 6) is 1.22. The normalized spacial score (nSPS) is 16.6. The lowest BCUT2D eigenvalue weighted by Crippen LogP contribution is -2.43. The molecule has 20 heavy (non-hydrogen) atoms. The van der Waals surface area contributed by atoms with Gasteiger partial charge < -0.3 is 4.43 Å². The molecule has 0 aliphatic heterocycles. The number of fused-ring (bicyclic) bond motifs is 1. The molecule has 0 amide bonds. The van der Waals surface area contributed by atoms with Gasteiger partial charge >= 0.3 is 0 Å². The number of benzene rings is 1. The average molecular weight is 290 g/mol. The van der Waals surface area contributed by atoms with Gasteiger partial charge in [-0.1, -0.05) is 20.8 Å². The van der Waals surface area contributed by atoms with E-state index in [0.717, 1.165) is 30.6 Å². The van der Waals surface area contributed by atoms with Crippen molar-refractivity contribution in [1.29, 1.82) is 0 Å². The molecule has 1 aromatic carbocycles. The van der Waals surface area contributed by atoms with E-state index in [0.29, 0.717) is 6.42 Å². The van der Waals surface area contributed by atoms with Crippen LogP contribution in [0, 0.1) is 0 Å². The van der Waals surface area contributed by atoms with Crippen LogP contribution in [0.15, 0.2) is 18.2 Å². The molecule has 1 aliphatic rings. The minimum atomic E-state index is -1.81. The summed E-state index contributed by atoms with van der Waals surface area (Å²) < 4.78 is 6.34. The molecule has 1 aromatic rings. The third-order valence-electron chi connectivity index (χ3n) is 4.66. The van der Waals surface area contributed by atoms with Crippen molar-refractivity contribution in [2.24, 2.45) is 0 Å². The van der Waals surface area contributed by atoms with Crippen molar-refractivity contribution in [2.45, 2.75) is 64.6 Å². The van der Waals surface area contributed by atoms with Gasteiger partial charge in [0.2, 0.25) is 8.32 Å². The van der Waals surface area contributed by atoms with E-state index >= 15 is 0 Å². The molecule has 1 aliphatic carbocycles. The van der Waals surface area contributed by atoms with Crippen molar-refractivity contribution in [1.82, 2.24) is 0 Å². The van der Waals surface area contributed by atoms with Gasteiger partial charge in [0.05, 0.1) is 0 Å². The van der Waals surface area contributed by atoms with E-state index in [4.69, 9.17) is 4.43 Å². The predicted octanol–water partition coefficient (Wildman–Crippen LogP) is 4.98. The van der Waals surface area contributed by atoms with Crippen LogP contribution in [0.1, 0.15) is 56.0 Å². The lowest BCUT2D eigenvalue weighted by molar-refractivity contribution is 0.0982. The van der Waals surface area contributed by atoms with Crippen LogP contribution in [0.5, 0.6) is 5.75 Å². The summed E-state index contributed by atoms with van der Waals surface area (Å²) in [5.41, 5.74) is 2.08. The van der Waals surface area contributed by atoms with Crippen LogP contribution in [-0.4, -0.2) is 14.1 Å². The van der Waals surface area contributed by atoms with Gasteiger partial charge in [0.15, 0.2) is 5.78 Å². The van der Waals surface area contributed by atoms with E-state index < -0.39 is 8.32 Å². The Bertz CT molecular complexity index is 512. The monoisotopic (exact) mass is 290 g/mol. The Morgan fingerprint density at radius 1 is 1.10 bits per heavy atom. The predicted molar refractivity (Wildman–Crippen MR) is 86.2 cm³/mol. The molecule has 0 N–H and O–H groups in total. The Morgan fingerprint density at radius 3 is 2.40 bits per heavy atom. The molecule has 0 bridgehead atoms. The van der Waals surface area contributed by atoms with E-state index in [1.54, 1.807) is 0 Å². The SMILES string of the molecule is CC(C)(C)[Si](C)(C)Oc1ccc2c(c1)CCCCC2=O. The molecule has 3 heteroatoms. The number of carbonyl (C=O) groups excluding carboxylic acids is 1. The summed E-state index contributed by atoms with van der Waals surface area (Å²) >= 11 is 0. The summed E-state index contributed by atoms with van der Waals surface area (Å²) in [6, 6.07) is 6.03. The zero-order valence-electron chi connectivity index (χ0n) is 13.4. The number of hydrogen-bond donors (Lipinski definition) is 0. The van der Waals surface area contributed by atoms with Crippen LogP contribution >= 0.6 is 0 Å². The first kappa shape index (κ1) is 15.3. The maximum Gasteiger partial charge on any atom is 0.250 e. The van der Waals surface area contributed by atoms with Crippen molar-refractivity contribution < 1.29 is 9.22 Å². The Labute approximate surface area is 123 Å². The molecule has 0 unspecified atom stereocenters. The second-order valence-electron chi connectivity index (χ2n) is 7.31. The number of rotatable bonds is 2. The zero-order valence-corrected chi connectivity index (χ0v) is 14.4. The van der Waals surface area contributed by atoms with Crippen molar-refractivity contribution in [2.75, 3.05) is 0 Å². The van der Waals surface area contributed by atoms with Crippen LogP contribution < -0.4 is 4.43 Å². The molecule has 0 heterocycles. The first-order valence-electron chi connectivity index (χ1n) is 7.56. The maximum absolute atomic E-state index is 12.0. The quantitative estimate of drug-likeness (QED) is 0.567. The lowest BCUT2D eigenvalue weighted by atomic mass is 10.0. The van der Waals surface area contributed by atoms with Gasteiger partial charge in [-0.2, -0.15) is 0 Å². The van der Waals surface area contributed by atoms with E-state index in [-0.39, 0.29) is 10.8 Å². The Hall–Kier alpha value is -1.09. The second kappa shape index (κ2) is 5.36. The summed E-state index contributed by atoms with van der Waals surface area (Å²) in [5, 5.41) is 0.190. The number of hydrogen-bond acceptors (Lipinski definition) is 2. The van der Waals surface area contributed by atoms with Gasteiger partial charge in [-0.05, 0) is 61.2 Å². The summed E-state index contributed by atoms with van der Waals surface area (Å²) in [4.78, 5) is 12.0. The molecule has 0 spiro atoms. The molecule has 0 aromatic heterocycles. The molecule has 0 radical (unpaired) electrons. The minimum Gasteiger partial charge on any atom is -0.543 e. The summed E-state index contributed by atoms with van der Waals surface area (Å²) in [7, 11) is -1.81. The molecule has 110 valence electrons. The fourth-order valence-electron chi connectivity index (χ4n) is 2.30. The highest BCUT2D eigenvalue weighted by molar-refractivity contribution is 6.74. The average Bonchev–Trinajstić information content (AvgIpc) is 2.49. The fraction of sp³-hybridized carbons (Fsp3) is 0.588. The zero-order chi connectivity index (χ0) is 15.0. The van der Waals surface area contributed by atoms with Gasteiger partial charge in [-0.15, -0.1) is 0 Å². The standard InChI is InChI=1S/C17H26O2Si/c1-17(2,3)20(4,5)19-14-10-11-15-13(12-14)8-6-7-9-16(15)18/h10-12H,6-9H2,1-5H3. The maximum atomic E-state index is 12.0. The number of Topliss-reactive ketones (excluding diaryl/α,β-unsaturated/α-hetero) is 1. The molecule has 0 atom stereocenters. The largest absolute Gasteiger partial charge is 0.543 e. The van der Waals surface area contributed by atoms with Crippen LogP contribution in [0.25, 0.3) is 0 Å². The third kappa shape index (κ3) is 3.14. The topological polar surface area (TPSA) is 26.3 Å². The Kier molecular flexibility index (Phi) is 4.10. The van der Waals surface area contributed by atoms with Crippen molar-refractivity contribution in [3.8, 4) is 5.75 Å². The van der Waals surface area contributed by atoms with E-state index in [1.165, 1.54) is 5.56 Å². The third-order valence-corrected chi connectivity index (χ3v) is 9.01. The van der Waals surface area contributed by atoms with Crippen LogP contribution in [-0.2, 0) is 6.42 Å². The number of ketones is 1. The molecule has 2 rings (SSSR count). The first-order valence-corrected chi connectivity index (χ1v) is 10.5. The molecular weight excluding hydrogens is 264 g/mol. The van der Waals surface area contributed by atoms with Crippen LogP contribution in [0.3, 0.4) is 0 Å². The number of carbonyl (C=O) groups is 1. The van der Waals surface area contributed by atoms with Crippen molar-refractivity contribution >= 4 is 14.1 Å². The minimum absolute atomic E-state index is 0.190. The summed E-state index contributed by atoms with van der Waals surface area (Å²) in [6.45, 7) is 11.2. The summed E-state index contributed by atoms with van der Waals surface area (Å²) in [6.07, 6.45) is 3.79. The van der Waals surface area contributed by atoms with E-state index in [1.807, 2.05) is 12.1 Å². The molecule has 0 saturated carbocycles. The van der Waals surface area contributed by atoms with Gasteiger partial charge in [-0.25, -0.2) is 0 Å². The smallest absolute Gasteiger partial charge is 0.250 e. The highest BCUT2D eigenvalue weighted by Crippen LogP contribution is 2.38. The van der Waals surface area contributed by atoms with Gasteiger partial charge in [0.1, 0.15) is 5.75 Å². The molecule has 0 fully saturated rings.